The van der Waals surface area contributed by atoms with Crippen LogP contribution in [0.25, 0.3) is 16.2 Å². The van der Waals surface area contributed by atoms with Crippen LogP contribution in [0, 0.1) is 6.92 Å². The van der Waals surface area contributed by atoms with Gasteiger partial charge in [0.05, 0.1) is 16.3 Å². The van der Waals surface area contributed by atoms with Crippen molar-refractivity contribution in [3.05, 3.63) is 76.4 Å². The van der Waals surface area contributed by atoms with Gasteiger partial charge in [0.25, 0.3) is 5.91 Å². The van der Waals surface area contributed by atoms with Crippen LogP contribution in [0.5, 0.6) is 0 Å². The van der Waals surface area contributed by atoms with E-state index in [2.05, 4.69) is 23.4 Å². The molecule has 0 atom stereocenters. The van der Waals surface area contributed by atoms with Gasteiger partial charge in [-0.2, -0.15) is 0 Å². The number of hydrogen-bond donors (Lipinski definition) is 1. The second-order valence-electron chi connectivity index (χ2n) is 5.67. The minimum atomic E-state index is -0.232. The van der Waals surface area contributed by atoms with Crippen molar-refractivity contribution in [1.82, 2.24) is 9.38 Å². The van der Waals surface area contributed by atoms with E-state index < -0.39 is 0 Å². The Labute approximate surface area is 153 Å². The third-order valence-electron chi connectivity index (χ3n) is 3.81. The summed E-state index contributed by atoms with van der Waals surface area (Å²) >= 11 is 7.73. The first-order valence-electron chi connectivity index (χ1n) is 7.71. The Morgan fingerprint density at radius 1 is 1.16 bits per heavy atom. The van der Waals surface area contributed by atoms with Crippen LogP contribution in [0.4, 0.5) is 5.69 Å². The molecule has 4 aromatic rings. The number of nitrogens with one attached hydrogen (secondary N) is 1. The maximum Gasteiger partial charge on any atom is 0.257 e. The van der Waals surface area contributed by atoms with Crippen LogP contribution in [0.2, 0.25) is 5.02 Å². The van der Waals surface area contributed by atoms with Gasteiger partial charge in [-0.15, -0.1) is 11.3 Å². The molecule has 0 saturated heterocycles. The number of carbonyl (C=O) groups excluding carboxylic acids is 1. The van der Waals surface area contributed by atoms with Gasteiger partial charge in [0.1, 0.15) is 0 Å². The highest BCUT2D eigenvalue weighted by atomic mass is 35.5. The number of hydrogen-bond acceptors (Lipinski definition) is 3. The molecule has 124 valence electrons. The summed E-state index contributed by atoms with van der Waals surface area (Å²) in [5, 5.41) is 3.32. The van der Waals surface area contributed by atoms with E-state index in [4.69, 9.17) is 11.6 Å². The molecule has 2 aromatic heterocycles. The number of thiazole rings is 1. The topological polar surface area (TPSA) is 46.4 Å². The third-order valence-corrected chi connectivity index (χ3v) is 5.05. The molecular weight excluding hydrogens is 354 g/mol. The van der Waals surface area contributed by atoms with Crippen LogP contribution in [0.1, 0.15) is 15.2 Å². The van der Waals surface area contributed by atoms with Crippen LogP contribution < -0.4 is 5.32 Å². The van der Waals surface area contributed by atoms with E-state index in [1.807, 2.05) is 34.9 Å². The van der Waals surface area contributed by atoms with Gasteiger partial charge in [0.15, 0.2) is 4.96 Å². The van der Waals surface area contributed by atoms with Crippen LogP contribution in [0.15, 0.2) is 60.9 Å². The summed E-state index contributed by atoms with van der Waals surface area (Å²) < 4.78 is 2.02. The van der Waals surface area contributed by atoms with E-state index in [-0.39, 0.29) is 5.91 Å². The number of aryl methyl sites for hydroxylation is 1. The fourth-order valence-corrected chi connectivity index (χ4v) is 3.68. The van der Waals surface area contributed by atoms with Crippen LogP contribution in [0.3, 0.4) is 0 Å². The molecule has 0 aliphatic heterocycles. The molecule has 0 spiro atoms. The number of aromatic nitrogens is 2. The Morgan fingerprint density at radius 3 is 2.80 bits per heavy atom. The van der Waals surface area contributed by atoms with Gasteiger partial charge >= 0.3 is 0 Å². The Kier molecular flexibility index (Phi) is 4.03. The molecule has 0 aliphatic carbocycles. The third kappa shape index (κ3) is 3.16. The van der Waals surface area contributed by atoms with Gasteiger partial charge in [-0.25, -0.2) is 4.98 Å². The average Bonchev–Trinajstić information content (AvgIpc) is 3.13. The molecule has 0 aliphatic rings. The van der Waals surface area contributed by atoms with Gasteiger partial charge in [0.2, 0.25) is 0 Å². The minimum Gasteiger partial charge on any atom is -0.322 e. The summed E-state index contributed by atoms with van der Waals surface area (Å²) in [7, 11) is 0. The smallest absolute Gasteiger partial charge is 0.257 e. The number of amides is 1. The van der Waals surface area contributed by atoms with Crippen molar-refractivity contribution < 1.29 is 4.79 Å². The average molecular weight is 368 g/mol. The highest BCUT2D eigenvalue weighted by Crippen LogP contribution is 2.26. The zero-order chi connectivity index (χ0) is 17.4. The number of anilines is 1. The summed E-state index contributed by atoms with van der Waals surface area (Å²) in [4.78, 5) is 19.2. The Bertz CT molecular complexity index is 1050. The van der Waals surface area contributed by atoms with E-state index in [0.29, 0.717) is 16.3 Å². The van der Waals surface area contributed by atoms with Crippen molar-refractivity contribution in [1.29, 1.82) is 0 Å². The van der Waals surface area contributed by atoms with E-state index in [9.17, 15) is 4.79 Å². The van der Waals surface area contributed by atoms with Crippen LogP contribution in [-0.4, -0.2) is 15.3 Å². The second-order valence-corrected chi connectivity index (χ2v) is 7.29. The second kappa shape index (κ2) is 6.35. The molecule has 0 unspecified atom stereocenters. The molecule has 1 N–H and O–H groups in total. The highest BCUT2D eigenvalue weighted by Gasteiger charge is 2.11. The maximum absolute atomic E-state index is 12.4. The van der Waals surface area contributed by atoms with E-state index in [0.717, 1.165) is 16.2 Å². The predicted octanol–water partition coefficient (Wildman–Crippen LogP) is 5.28. The van der Waals surface area contributed by atoms with Gasteiger partial charge in [-0.05, 0) is 31.2 Å². The largest absolute Gasteiger partial charge is 0.322 e. The molecular formula is C19H14ClN3OS. The first-order chi connectivity index (χ1) is 12.1. The van der Waals surface area contributed by atoms with Crippen LogP contribution in [-0.2, 0) is 0 Å². The molecule has 4 nitrogen and oxygen atoms in total. The lowest BCUT2D eigenvalue weighted by atomic mass is 10.1. The zero-order valence-electron chi connectivity index (χ0n) is 13.4. The molecule has 0 saturated carbocycles. The van der Waals surface area contributed by atoms with Crippen molar-refractivity contribution in [2.75, 3.05) is 5.32 Å². The quantitative estimate of drug-likeness (QED) is 0.535. The number of nitrogens with zero attached hydrogens (tertiary/aromatic N) is 2. The lowest BCUT2D eigenvalue weighted by molar-refractivity contribution is 0.102. The normalized spacial score (nSPS) is 11.0. The Morgan fingerprint density at radius 2 is 2.00 bits per heavy atom. The van der Waals surface area contributed by atoms with Crippen molar-refractivity contribution in [2.24, 2.45) is 0 Å². The van der Waals surface area contributed by atoms with Crippen molar-refractivity contribution >= 4 is 39.5 Å². The number of benzene rings is 2. The number of fused-ring (bicyclic) bond motifs is 1. The molecule has 6 heteroatoms. The molecule has 0 radical (unpaired) electrons. The fourth-order valence-electron chi connectivity index (χ4n) is 2.65. The molecule has 0 bridgehead atoms. The first-order valence-corrected chi connectivity index (χ1v) is 8.91. The molecule has 4 rings (SSSR count). The molecule has 25 heavy (non-hydrogen) atoms. The summed E-state index contributed by atoms with van der Waals surface area (Å²) in [5.74, 6) is -0.232. The summed E-state index contributed by atoms with van der Waals surface area (Å²) in [6, 6.07) is 14.6. The van der Waals surface area contributed by atoms with Crippen molar-refractivity contribution in [3.63, 3.8) is 0 Å². The Hall–Kier alpha value is -2.63. The standard InChI is InChI=1S/C19H14ClN3OS/c1-12-10-23-11-17(22-19(23)25-12)13-5-4-6-14(9-13)21-18(24)15-7-2-3-8-16(15)20/h2-11H,1H3,(H,21,24). The zero-order valence-corrected chi connectivity index (χ0v) is 14.9. The predicted molar refractivity (Wildman–Crippen MR) is 103 cm³/mol. The van der Waals surface area contributed by atoms with Crippen LogP contribution >= 0.6 is 22.9 Å². The maximum atomic E-state index is 12.4. The fraction of sp³-hybridized carbons (Fsp3) is 0.0526. The number of rotatable bonds is 3. The van der Waals surface area contributed by atoms with Crippen molar-refractivity contribution in [3.8, 4) is 11.3 Å². The monoisotopic (exact) mass is 367 g/mol. The van der Waals surface area contributed by atoms with E-state index in [1.54, 1.807) is 35.6 Å². The summed E-state index contributed by atoms with van der Waals surface area (Å²) in [6.45, 7) is 2.06. The van der Waals surface area contributed by atoms with E-state index >= 15 is 0 Å². The number of halogens is 1. The summed E-state index contributed by atoms with van der Waals surface area (Å²) in [5.41, 5.74) is 2.98. The SMILES string of the molecule is Cc1cn2cc(-c3cccc(NC(=O)c4ccccc4Cl)c3)nc2s1. The molecule has 2 aromatic carbocycles. The Balaban J connectivity index is 1.62. The van der Waals surface area contributed by atoms with E-state index in [1.165, 1.54) is 4.88 Å². The van der Waals surface area contributed by atoms with Gasteiger partial charge in [-0.1, -0.05) is 35.9 Å². The lowest BCUT2D eigenvalue weighted by Crippen LogP contribution is -2.12. The van der Waals surface area contributed by atoms with Gasteiger partial charge in [0, 0.05) is 28.5 Å². The molecule has 2 heterocycles. The summed E-state index contributed by atoms with van der Waals surface area (Å²) in [6.07, 6.45) is 4.05. The van der Waals surface area contributed by atoms with Gasteiger partial charge < -0.3 is 5.32 Å². The highest BCUT2D eigenvalue weighted by molar-refractivity contribution is 7.17. The first kappa shape index (κ1) is 15.9. The molecule has 0 fully saturated rings. The number of carbonyl (C=O) groups is 1. The molecule has 1 amide bonds. The van der Waals surface area contributed by atoms with Crippen molar-refractivity contribution in [2.45, 2.75) is 6.92 Å². The van der Waals surface area contributed by atoms with Gasteiger partial charge in [-0.3, -0.25) is 9.20 Å². The lowest BCUT2D eigenvalue weighted by Gasteiger charge is -2.07. The minimum absolute atomic E-state index is 0.232. The number of imidazole rings is 1.